The van der Waals surface area contributed by atoms with Gasteiger partial charge in [0, 0.05) is 5.56 Å². The second-order valence-corrected chi connectivity index (χ2v) is 3.34. The third-order valence-corrected chi connectivity index (χ3v) is 2.20. The minimum absolute atomic E-state index is 0.261. The topological polar surface area (TPSA) is 76.8 Å². The molecular weight excluding hydrogens is 222 g/mol. The van der Waals surface area contributed by atoms with Crippen LogP contribution in [-0.4, -0.2) is 17.7 Å². The van der Waals surface area contributed by atoms with E-state index in [1.54, 1.807) is 19.1 Å². The number of hydrazine groups is 1. The number of hydroxylamine groups is 1. The lowest BCUT2D eigenvalue weighted by Gasteiger charge is -2.24. The number of benzene rings is 1. The Labute approximate surface area is 98.5 Å². The molecule has 6 nitrogen and oxygen atoms in total. The van der Waals surface area contributed by atoms with Crippen molar-refractivity contribution in [2.45, 2.75) is 6.92 Å². The number of carbonyl (C=O) groups excluding carboxylic acids is 1. The number of para-hydroxylation sites is 1. The van der Waals surface area contributed by atoms with Crippen LogP contribution in [0.4, 0.5) is 4.79 Å². The van der Waals surface area contributed by atoms with Crippen molar-refractivity contribution in [2.24, 2.45) is 5.84 Å². The van der Waals surface area contributed by atoms with E-state index >= 15 is 0 Å². The Hall–Kier alpha value is -2.21. The molecule has 1 aromatic carbocycles. The number of nitrogens with two attached hydrogens (primary N) is 1. The molecule has 2 rings (SSSR count). The Kier molecular flexibility index (Phi) is 3.15. The summed E-state index contributed by atoms with van der Waals surface area (Å²) >= 11 is 0. The third-order valence-electron chi connectivity index (χ3n) is 2.20. The van der Waals surface area contributed by atoms with Gasteiger partial charge in [0.15, 0.2) is 11.6 Å². The Morgan fingerprint density at radius 3 is 3.06 bits per heavy atom. The molecule has 0 unspecified atom stereocenters. The fourth-order valence-corrected chi connectivity index (χ4v) is 1.39. The first-order valence-corrected chi connectivity index (χ1v) is 5.17. The van der Waals surface area contributed by atoms with Gasteiger partial charge in [-0.3, -0.25) is 0 Å². The van der Waals surface area contributed by atoms with Gasteiger partial charge in [0.2, 0.25) is 0 Å². The molecule has 0 saturated carbocycles. The largest absolute Gasteiger partial charge is 0.448 e. The van der Waals surface area contributed by atoms with Crippen molar-refractivity contribution >= 4 is 12.2 Å². The first kappa shape index (κ1) is 11.3. The van der Waals surface area contributed by atoms with E-state index in [2.05, 4.69) is 5.48 Å². The number of hydrogen-bond acceptors (Lipinski definition) is 5. The van der Waals surface area contributed by atoms with Crippen LogP contribution in [0.3, 0.4) is 0 Å². The van der Waals surface area contributed by atoms with Crippen LogP contribution in [0.2, 0.25) is 0 Å². The Balaban J connectivity index is 2.19. The average molecular weight is 235 g/mol. The van der Waals surface area contributed by atoms with Crippen LogP contribution in [0.1, 0.15) is 12.5 Å². The SMILES string of the molecule is CCOC(=O)N(N)C1=Cc2ccccc2ON1. The number of rotatable bonds is 2. The van der Waals surface area contributed by atoms with Gasteiger partial charge in [-0.25, -0.2) is 16.1 Å². The van der Waals surface area contributed by atoms with Gasteiger partial charge in [0.25, 0.3) is 0 Å². The molecular formula is C11H13N3O3. The predicted molar refractivity (Wildman–Crippen MR) is 61.2 cm³/mol. The molecule has 0 saturated heterocycles. The monoisotopic (exact) mass is 235 g/mol. The summed E-state index contributed by atoms with van der Waals surface area (Å²) < 4.78 is 4.77. The number of nitrogens with zero attached hydrogens (tertiary/aromatic N) is 1. The van der Waals surface area contributed by atoms with E-state index in [9.17, 15) is 4.79 Å². The van der Waals surface area contributed by atoms with Crippen LogP contribution < -0.4 is 16.2 Å². The lowest BCUT2D eigenvalue weighted by Crippen LogP contribution is -2.44. The van der Waals surface area contributed by atoms with Crippen molar-refractivity contribution in [3.63, 3.8) is 0 Å². The summed E-state index contributed by atoms with van der Waals surface area (Å²) in [6.45, 7) is 1.97. The summed E-state index contributed by atoms with van der Waals surface area (Å²) in [5.41, 5.74) is 3.41. The van der Waals surface area contributed by atoms with E-state index in [1.165, 1.54) is 0 Å². The molecule has 1 aliphatic heterocycles. The fourth-order valence-electron chi connectivity index (χ4n) is 1.39. The van der Waals surface area contributed by atoms with Crippen molar-refractivity contribution in [3.05, 3.63) is 35.6 Å². The molecule has 0 radical (unpaired) electrons. The number of nitrogens with one attached hydrogen (secondary N) is 1. The van der Waals surface area contributed by atoms with Crippen molar-refractivity contribution in [1.29, 1.82) is 0 Å². The molecule has 1 aliphatic rings. The molecule has 1 aromatic rings. The summed E-state index contributed by atoms with van der Waals surface area (Å²) in [5.74, 6) is 6.58. The molecule has 90 valence electrons. The Bertz CT molecular complexity index is 459. The third kappa shape index (κ3) is 2.31. The number of ether oxygens (including phenoxy) is 1. The van der Waals surface area contributed by atoms with E-state index in [-0.39, 0.29) is 6.61 Å². The maximum absolute atomic E-state index is 11.4. The minimum atomic E-state index is -0.644. The first-order valence-electron chi connectivity index (χ1n) is 5.17. The normalized spacial score (nSPS) is 12.7. The smallest absolute Gasteiger partial charge is 0.430 e. The zero-order valence-corrected chi connectivity index (χ0v) is 9.34. The van der Waals surface area contributed by atoms with Gasteiger partial charge in [-0.2, -0.15) is 5.01 Å². The minimum Gasteiger partial charge on any atom is -0.448 e. The van der Waals surface area contributed by atoms with Gasteiger partial charge in [0.05, 0.1) is 6.61 Å². The highest BCUT2D eigenvalue weighted by atomic mass is 16.7. The molecule has 0 spiro atoms. The van der Waals surface area contributed by atoms with Gasteiger partial charge >= 0.3 is 6.09 Å². The van der Waals surface area contributed by atoms with Gasteiger partial charge in [-0.15, -0.1) is 0 Å². The van der Waals surface area contributed by atoms with E-state index < -0.39 is 6.09 Å². The lowest BCUT2D eigenvalue weighted by molar-refractivity contribution is 0.102. The highest BCUT2D eigenvalue weighted by molar-refractivity contribution is 5.72. The first-order chi connectivity index (χ1) is 8.22. The lowest BCUT2D eigenvalue weighted by atomic mass is 10.2. The Morgan fingerprint density at radius 2 is 2.29 bits per heavy atom. The second-order valence-electron chi connectivity index (χ2n) is 3.34. The number of amides is 1. The fraction of sp³-hybridized carbons (Fsp3) is 0.182. The molecule has 0 aromatic heterocycles. The highest BCUT2D eigenvalue weighted by Gasteiger charge is 2.19. The van der Waals surface area contributed by atoms with Crippen molar-refractivity contribution < 1.29 is 14.4 Å². The van der Waals surface area contributed by atoms with E-state index in [0.717, 1.165) is 10.6 Å². The quantitative estimate of drug-likeness (QED) is 0.458. The van der Waals surface area contributed by atoms with Gasteiger partial charge in [-0.05, 0) is 19.1 Å². The zero-order chi connectivity index (χ0) is 12.3. The molecule has 17 heavy (non-hydrogen) atoms. The number of fused-ring (bicyclic) bond motifs is 1. The van der Waals surface area contributed by atoms with Crippen LogP contribution in [0, 0.1) is 0 Å². The predicted octanol–water partition coefficient (Wildman–Crippen LogP) is 1.21. The molecule has 1 heterocycles. The molecule has 6 heteroatoms. The van der Waals surface area contributed by atoms with Crippen LogP contribution in [0.5, 0.6) is 5.75 Å². The Morgan fingerprint density at radius 1 is 1.53 bits per heavy atom. The summed E-state index contributed by atoms with van der Waals surface area (Å²) in [4.78, 5) is 16.6. The van der Waals surface area contributed by atoms with E-state index in [4.69, 9.17) is 15.4 Å². The standard InChI is InChI=1S/C11H13N3O3/c1-2-16-11(15)14(12)10-7-8-5-3-4-6-9(8)17-13-10/h3-7,13H,2,12H2,1H3. The summed E-state index contributed by atoms with van der Waals surface area (Å²) in [7, 11) is 0. The highest BCUT2D eigenvalue weighted by Crippen LogP contribution is 2.23. The zero-order valence-electron chi connectivity index (χ0n) is 9.34. The van der Waals surface area contributed by atoms with Crippen molar-refractivity contribution in [2.75, 3.05) is 6.61 Å². The van der Waals surface area contributed by atoms with Crippen LogP contribution in [0.15, 0.2) is 30.1 Å². The summed E-state index contributed by atoms with van der Waals surface area (Å²) in [6, 6.07) is 7.38. The molecule has 0 bridgehead atoms. The van der Waals surface area contributed by atoms with Crippen molar-refractivity contribution in [1.82, 2.24) is 10.5 Å². The van der Waals surface area contributed by atoms with Crippen molar-refractivity contribution in [3.8, 4) is 5.75 Å². The summed E-state index contributed by atoms with van der Waals surface area (Å²) in [5, 5.41) is 0.861. The number of hydrogen-bond donors (Lipinski definition) is 2. The van der Waals surface area contributed by atoms with E-state index in [0.29, 0.717) is 11.6 Å². The summed E-state index contributed by atoms with van der Waals surface area (Å²) in [6.07, 6.45) is 1.06. The van der Waals surface area contributed by atoms with Gasteiger partial charge in [0.1, 0.15) is 0 Å². The van der Waals surface area contributed by atoms with Crippen LogP contribution in [0.25, 0.3) is 6.08 Å². The number of carbonyl (C=O) groups is 1. The van der Waals surface area contributed by atoms with Crippen LogP contribution >= 0.6 is 0 Å². The van der Waals surface area contributed by atoms with Gasteiger partial charge < -0.3 is 9.57 Å². The maximum atomic E-state index is 11.4. The molecule has 0 fully saturated rings. The molecule has 0 aliphatic carbocycles. The maximum Gasteiger partial charge on any atom is 0.430 e. The molecule has 0 atom stereocenters. The molecule has 3 N–H and O–H groups in total. The van der Waals surface area contributed by atoms with Gasteiger partial charge in [-0.1, -0.05) is 18.2 Å². The van der Waals surface area contributed by atoms with E-state index in [1.807, 2.05) is 18.2 Å². The van der Waals surface area contributed by atoms with Crippen LogP contribution in [-0.2, 0) is 4.74 Å². The molecule has 1 amide bonds. The second kappa shape index (κ2) is 4.75. The average Bonchev–Trinajstić information content (AvgIpc) is 2.37.